The van der Waals surface area contributed by atoms with Crippen molar-refractivity contribution < 1.29 is 37.4 Å². The molecule has 2 aromatic rings. The van der Waals surface area contributed by atoms with E-state index in [0.717, 1.165) is 13.2 Å². The molecule has 10 nitrogen and oxygen atoms in total. The first-order valence-electron chi connectivity index (χ1n) is 13.7. The fourth-order valence-electron chi connectivity index (χ4n) is 4.12. The molecule has 1 aromatic carbocycles. The quantitative estimate of drug-likeness (QED) is 0.203. The molecule has 1 aliphatic rings. The number of imidazole rings is 1. The van der Waals surface area contributed by atoms with E-state index in [1.54, 1.807) is 31.5 Å². The van der Waals surface area contributed by atoms with Crippen LogP contribution in [0.2, 0.25) is 25.7 Å². The van der Waals surface area contributed by atoms with Gasteiger partial charge >= 0.3 is 18.1 Å². The topological polar surface area (TPSA) is 121 Å². The van der Waals surface area contributed by atoms with Gasteiger partial charge in [-0.15, -0.1) is 0 Å². The number of halogens is 2. The molecule has 2 heterocycles. The molecule has 0 radical (unpaired) electrons. The van der Waals surface area contributed by atoms with Gasteiger partial charge in [0.05, 0.1) is 18.8 Å². The van der Waals surface area contributed by atoms with E-state index in [-0.39, 0.29) is 35.7 Å². The third-order valence-electron chi connectivity index (χ3n) is 6.25. The van der Waals surface area contributed by atoms with Crippen LogP contribution in [0.15, 0.2) is 36.5 Å². The molecule has 0 fully saturated rings. The summed E-state index contributed by atoms with van der Waals surface area (Å²) in [7, 11) is -0.204. The minimum atomic E-state index is -3.74. The maximum absolute atomic E-state index is 15.2. The molecule has 230 valence electrons. The number of benzene rings is 1. The number of Topliss-reactive ketones (excluding diaryl/α,β-unsaturated/α-hetero) is 1. The Morgan fingerprint density at radius 3 is 2.50 bits per heavy atom. The van der Waals surface area contributed by atoms with Crippen molar-refractivity contribution in [3.63, 3.8) is 0 Å². The summed E-state index contributed by atoms with van der Waals surface area (Å²) in [5.74, 6) is -4.76. The number of amides is 2. The number of rotatable bonds is 7. The van der Waals surface area contributed by atoms with Crippen molar-refractivity contribution in [1.82, 2.24) is 14.9 Å². The number of nitrogens with zero attached hydrogens (tertiary/aromatic N) is 2. The second kappa shape index (κ2) is 13.2. The largest absolute Gasteiger partial charge is 0.453 e. The summed E-state index contributed by atoms with van der Waals surface area (Å²) in [4.78, 5) is 42.4. The monoisotopic (exact) mass is 606 g/mol. The number of nitrogens with one attached hydrogen (secondary N) is 2. The predicted octanol–water partition coefficient (Wildman–Crippen LogP) is 6.77. The van der Waals surface area contributed by atoms with Gasteiger partial charge in [0.15, 0.2) is 0 Å². The molecular weight excluding hydrogens is 566 g/mol. The lowest BCUT2D eigenvalue weighted by Crippen LogP contribution is -2.36. The molecule has 1 aromatic heterocycles. The van der Waals surface area contributed by atoms with Gasteiger partial charge in [-0.2, -0.15) is 8.78 Å². The van der Waals surface area contributed by atoms with Gasteiger partial charge in [-0.1, -0.05) is 31.8 Å². The summed E-state index contributed by atoms with van der Waals surface area (Å²) in [5.41, 5.74) is -0.620. The van der Waals surface area contributed by atoms with Crippen molar-refractivity contribution in [2.45, 2.75) is 83.6 Å². The Labute approximate surface area is 245 Å². The van der Waals surface area contributed by atoms with Crippen LogP contribution in [-0.2, 0) is 20.9 Å². The number of hydrogen-bond donors (Lipinski definition) is 2. The normalized spacial score (nSPS) is 17.7. The highest BCUT2D eigenvalue weighted by molar-refractivity contribution is 6.76. The molecule has 13 heteroatoms. The minimum absolute atomic E-state index is 0.0877. The lowest BCUT2D eigenvalue weighted by molar-refractivity contribution is 0.0123. The first kappa shape index (κ1) is 32.9. The van der Waals surface area contributed by atoms with Crippen LogP contribution >= 0.6 is 0 Å². The summed E-state index contributed by atoms with van der Waals surface area (Å²) >= 11 is 0. The van der Waals surface area contributed by atoms with Crippen LogP contribution in [0.3, 0.4) is 0 Å². The Hall–Kier alpha value is -3.58. The number of carbonyl (C=O) groups excluding carboxylic acids is 3. The summed E-state index contributed by atoms with van der Waals surface area (Å²) in [6, 6.07) is 4.26. The lowest BCUT2D eigenvalue weighted by atomic mass is 9.95. The molecule has 2 N–H and O–H groups in total. The molecular formula is C29H40F2N4O6Si. The van der Waals surface area contributed by atoms with E-state index in [1.807, 2.05) is 0 Å². The van der Waals surface area contributed by atoms with Gasteiger partial charge in [-0.3, -0.25) is 10.1 Å². The highest BCUT2D eigenvalue weighted by atomic mass is 28.3. The molecule has 2 amide bonds. The van der Waals surface area contributed by atoms with Gasteiger partial charge < -0.3 is 24.1 Å². The van der Waals surface area contributed by atoms with Crippen LogP contribution in [-0.4, -0.2) is 60.8 Å². The van der Waals surface area contributed by atoms with Crippen LogP contribution in [0.5, 0.6) is 0 Å². The highest BCUT2D eigenvalue weighted by Crippen LogP contribution is 2.34. The number of ketones is 1. The zero-order valence-corrected chi connectivity index (χ0v) is 26.2. The van der Waals surface area contributed by atoms with E-state index >= 15 is 8.78 Å². The highest BCUT2D eigenvalue weighted by Gasteiger charge is 2.40. The molecule has 0 aliphatic carbocycles. The number of alkyl halides is 2. The Morgan fingerprint density at radius 1 is 1.14 bits per heavy atom. The SMILES string of the molecule is COC(=O)Nc1ccc2c(c1)C(=O)C(F)(F)C/C=C\C[C@H](NC(=O)OC(C)(C)C)c1nc-2cn1COCC[Si](C)(C)C. The average molecular weight is 607 g/mol. The van der Waals surface area contributed by atoms with Crippen LogP contribution < -0.4 is 10.6 Å². The molecule has 0 unspecified atom stereocenters. The van der Waals surface area contributed by atoms with Crippen molar-refractivity contribution in [1.29, 1.82) is 0 Å². The van der Waals surface area contributed by atoms with Gasteiger partial charge in [0.25, 0.3) is 0 Å². The van der Waals surface area contributed by atoms with Crippen molar-refractivity contribution in [3.8, 4) is 11.3 Å². The Morgan fingerprint density at radius 2 is 1.86 bits per heavy atom. The summed E-state index contributed by atoms with van der Waals surface area (Å²) in [6.45, 7) is 12.5. The number of methoxy groups -OCH3 is 1. The molecule has 42 heavy (non-hydrogen) atoms. The third-order valence-corrected chi connectivity index (χ3v) is 7.96. The first-order valence-corrected chi connectivity index (χ1v) is 17.4. The van der Waals surface area contributed by atoms with E-state index in [0.29, 0.717) is 12.4 Å². The molecule has 0 spiro atoms. The number of carbonyl (C=O) groups is 3. The van der Waals surface area contributed by atoms with E-state index in [4.69, 9.17) is 14.5 Å². The fraction of sp³-hybridized carbons (Fsp3) is 0.517. The smallest absolute Gasteiger partial charge is 0.411 e. The van der Waals surface area contributed by atoms with E-state index in [2.05, 4.69) is 35.0 Å². The Kier molecular flexibility index (Phi) is 10.3. The van der Waals surface area contributed by atoms with Crippen LogP contribution in [0.25, 0.3) is 11.3 Å². The standard InChI is InChI=1S/C29H40F2N4O6Si/c1-28(2,3)41-27(38)34-22-10-8-9-13-29(30,31)24(36)21-16-19(32-26(37)39-4)11-12-20(21)23-17-35(25(22)33-23)18-40-14-15-42(5,6)7/h8-9,11-12,16-17,22H,10,13-15,18H2,1-7H3,(H,32,37)(H,34,38)/b9-8-/t22-/m0/s1. The average Bonchev–Trinajstić information content (AvgIpc) is 3.29. The zero-order chi connectivity index (χ0) is 31.3. The fourth-order valence-corrected chi connectivity index (χ4v) is 4.87. The second-order valence-electron chi connectivity index (χ2n) is 12.3. The van der Waals surface area contributed by atoms with E-state index in [9.17, 15) is 14.4 Å². The lowest BCUT2D eigenvalue weighted by Gasteiger charge is -2.24. The van der Waals surface area contributed by atoms with Gasteiger partial charge in [0.1, 0.15) is 18.2 Å². The van der Waals surface area contributed by atoms with E-state index in [1.165, 1.54) is 30.4 Å². The summed E-state index contributed by atoms with van der Waals surface area (Å²) in [5, 5.41) is 5.21. The number of allylic oxidation sites excluding steroid dienone is 1. The number of alkyl carbamates (subject to hydrolysis) is 1. The van der Waals surface area contributed by atoms with Crippen molar-refractivity contribution in [2.75, 3.05) is 19.0 Å². The van der Waals surface area contributed by atoms with Gasteiger partial charge in [-0.05, 0) is 51.4 Å². The van der Waals surface area contributed by atoms with Crippen LogP contribution in [0.4, 0.5) is 24.1 Å². The number of hydrogen-bond acceptors (Lipinski definition) is 7. The minimum Gasteiger partial charge on any atom is -0.453 e. The number of anilines is 1. The summed E-state index contributed by atoms with van der Waals surface area (Å²) in [6.07, 6.45) is 2.04. The maximum Gasteiger partial charge on any atom is 0.411 e. The number of ether oxygens (including phenoxy) is 3. The molecule has 2 bridgehead atoms. The Balaban J connectivity index is 2.13. The molecule has 3 rings (SSSR count). The van der Waals surface area contributed by atoms with Crippen LogP contribution in [0, 0.1) is 0 Å². The number of aromatic nitrogens is 2. The van der Waals surface area contributed by atoms with Crippen molar-refractivity contribution >= 4 is 31.7 Å². The first-order chi connectivity index (χ1) is 19.5. The van der Waals surface area contributed by atoms with Gasteiger partial charge in [0.2, 0.25) is 5.78 Å². The molecule has 1 atom stereocenters. The zero-order valence-electron chi connectivity index (χ0n) is 25.2. The number of fused-ring (bicyclic) bond motifs is 4. The predicted molar refractivity (Wildman–Crippen MR) is 158 cm³/mol. The third kappa shape index (κ3) is 9.21. The van der Waals surface area contributed by atoms with Crippen LogP contribution in [0.1, 0.15) is 55.8 Å². The van der Waals surface area contributed by atoms with Crippen molar-refractivity contribution in [2.24, 2.45) is 0 Å². The molecule has 0 saturated carbocycles. The molecule has 0 saturated heterocycles. The second-order valence-corrected chi connectivity index (χ2v) is 17.9. The van der Waals surface area contributed by atoms with Gasteiger partial charge in [0, 0.05) is 44.1 Å². The molecule has 1 aliphatic heterocycles. The summed E-state index contributed by atoms with van der Waals surface area (Å²) < 4.78 is 48.0. The Bertz CT molecular complexity index is 1330. The maximum atomic E-state index is 15.2. The van der Waals surface area contributed by atoms with Gasteiger partial charge in [-0.25, -0.2) is 14.6 Å². The van der Waals surface area contributed by atoms with E-state index < -0.39 is 50.0 Å². The van der Waals surface area contributed by atoms with Crippen molar-refractivity contribution in [3.05, 3.63) is 47.9 Å².